The van der Waals surface area contributed by atoms with Crippen molar-refractivity contribution in [1.82, 2.24) is 0 Å². The molecule has 0 bridgehead atoms. The third-order valence-corrected chi connectivity index (χ3v) is 12.4. The number of nitrogens with zero attached hydrogens (tertiary/aromatic N) is 1. The zero-order chi connectivity index (χ0) is 33.1. The van der Waals surface area contributed by atoms with Crippen molar-refractivity contribution in [3.05, 3.63) is 161 Å². The molecule has 49 heavy (non-hydrogen) atoms. The molecule has 4 aliphatic rings. The van der Waals surface area contributed by atoms with Crippen LogP contribution in [0.15, 0.2) is 139 Å². The van der Waals surface area contributed by atoms with E-state index in [2.05, 4.69) is 166 Å². The average molecular weight is 632 g/mol. The normalized spacial score (nSPS) is 19.6. The molecule has 0 N–H and O–H groups in total. The van der Waals surface area contributed by atoms with E-state index in [1.165, 1.54) is 82.8 Å². The summed E-state index contributed by atoms with van der Waals surface area (Å²) in [5.41, 5.74) is 14.0. The summed E-state index contributed by atoms with van der Waals surface area (Å²) in [5.74, 6) is 0.505. The predicted molar refractivity (Wildman–Crippen MR) is 210 cm³/mol. The molecule has 6 aromatic rings. The minimum absolute atomic E-state index is 0.00676. The van der Waals surface area contributed by atoms with Crippen molar-refractivity contribution >= 4 is 60.5 Å². The summed E-state index contributed by atoms with van der Waals surface area (Å²) in [6.07, 6.45) is 15.1. The van der Waals surface area contributed by atoms with Gasteiger partial charge in [-0.2, -0.15) is 0 Å². The van der Waals surface area contributed by atoms with Gasteiger partial charge in [0.1, 0.15) is 0 Å². The number of hydrogen-bond acceptors (Lipinski definition) is 1. The lowest BCUT2D eigenvalue weighted by Crippen LogP contribution is -2.23. The highest BCUT2D eigenvalue weighted by atomic mass is 15.1. The topological polar surface area (TPSA) is 3.24 Å². The van der Waals surface area contributed by atoms with Crippen molar-refractivity contribution in [2.45, 2.75) is 57.8 Å². The van der Waals surface area contributed by atoms with Gasteiger partial charge >= 0.3 is 0 Å². The van der Waals surface area contributed by atoms with Gasteiger partial charge in [0.2, 0.25) is 0 Å². The van der Waals surface area contributed by atoms with E-state index in [1.807, 2.05) is 0 Å². The van der Waals surface area contributed by atoms with Gasteiger partial charge in [0.25, 0.3) is 0 Å². The fraction of sp³-hybridized carbons (Fsp3) is 0.208. The Balaban J connectivity index is 1.32. The molecule has 1 nitrogen and oxygen atoms in total. The Labute approximate surface area is 289 Å². The second kappa shape index (κ2) is 10.2. The van der Waals surface area contributed by atoms with E-state index in [0.29, 0.717) is 5.92 Å². The molecule has 0 heterocycles. The van der Waals surface area contributed by atoms with Gasteiger partial charge in [0.05, 0.1) is 11.4 Å². The van der Waals surface area contributed by atoms with Gasteiger partial charge in [-0.3, -0.25) is 0 Å². The highest BCUT2D eigenvalue weighted by Crippen LogP contribution is 2.57. The first-order chi connectivity index (χ1) is 23.8. The van der Waals surface area contributed by atoms with Crippen molar-refractivity contribution in [2.24, 2.45) is 5.92 Å². The van der Waals surface area contributed by atoms with Gasteiger partial charge in [0, 0.05) is 22.1 Å². The Morgan fingerprint density at radius 1 is 0.653 bits per heavy atom. The molecule has 0 fully saturated rings. The van der Waals surface area contributed by atoms with E-state index in [0.717, 1.165) is 19.3 Å². The van der Waals surface area contributed by atoms with Gasteiger partial charge in [-0.05, 0) is 110 Å². The Morgan fingerprint density at radius 3 is 2.33 bits per heavy atom. The van der Waals surface area contributed by atoms with Crippen molar-refractivity contribution in [3.8, 4) is 0 Å². The summed E-state index contributed by atoms with van der Waals surface area (Å²) < 4.78 is 0. The third-order valence-electron chi connectivity index (χ3n) is 12.4. The van der Waals surface area contributed by atoms with Crippen LogP contribution in [0.4, 0.5) is 17.1 Å². The molecule has 6 aromatic carbocycles. The maximum atomic E-state index is 2.61. The van der Waals surface area contributed by atoms with E-state index in [-0.39, 0.29) is 10.8 Å². The fourth-order valence-corrected chi connectivity index (χ4v) is 9.93. The summed E-state index contributed by atoms with van der Waals surface area (Å²) in [5, 5.41) is 7.73. The molecular weight excluding hydrogens is 591 g/mol. The molecule has 0 aromatic heterocycles. The molecule has 0 amide bonds. The standard InChI is InChI=1S/C48H41N/c1-47(2)40-20-11-9-17-35(40)39-28-31(25-27-42(39)47)49(44-23-13-22-43-46(44)37-19-10-12-21-41(37)48(43,3)4)45-29-38-32-15-6-5-14-30(32)24-26-34(38)33-16-7-8-18-36(33)45/h5-11,13-19,22-29,40H,12,20-21H2,1-4H3. The van der Waals surface area contributed by atoms with Crippen molar-refractivity contribution in [1.29, 1.82) is 0 Å². The van der Waals surface area contributed by atoms with Crippen LogP contribution in [0.3, 0.4) is 0 Å². The van der Waals surface area contributed by atoms with Crippen LogP contribution in [0.25, 0.3) is 43.5 Å². The number of anilines is 3. The summed E-state index contributed by atoms with van der Waals surface area (Å²) in [7, 11) is 0. The molecule has 0 radical (unpaired) electrons. The quantitative estimate of drug-likeness (QED) is 0.176. The molecule has 4 aliphatic carbocycles. The molecule has 0 spiro atoms. The van der Waals surface area contributed by atoms with Crippen molar-refractivity contribution in [2.75, 3.05) is 4.90 Å². The zero-order valence-electron chi connectivity index (χ0n) is 28.8. The fourth-order valence-electron chi connectivity index (χ4n) is 9.93. The molecule has 1 atom stereocenters. The number of rotatable bonds is 3. The highest BCUT2D eigenvalue weighted by molar-refractivity contribution is 6.21. The molecule has 0 saturated carbocycles. The first-order valence-electron chi connectivity index (χ1n) is 18.0. The average Bonchev–Trinajstić information content (AvgIpc) is 3.51. The van der Waals surface area contributed by atoms with E-state index < -0.39 is 0 Å². The highest BCUT2D eigenvalue weighted by Gasteiger charge is 2.43. The SMILES string of the molecule is CC1(C)C2=C(C=CCC2)c2c(N(c3ccc4c(c3)C3=CC=CCC3C4(C)C)c3cc4c5ccccc5ccc4c4ccccc34)cccc21. The number of fused-ring (bicyclic) bond motifs is 10. The molecule has 238 valence electrons. The smallest absolute Gasteiger partial charge is 0.0546 e. The first kappa shape index (κ1) is 28.8. The first-order valence-corrected chi connectivity index (χ1v) is 18.0. The Bertz CT molecular complexity index is 2530. The Morgan fingerprint density at radius 2 is 1.45 bits per heavy atom. The summed E-state index contributed by atoms with van der Waals surface area (Å²) >= 11 is 0. The van der Waals surface area contributed by atoms with Crippen LogP contribution in [0.5, 0.6) is 0 Å². The van der Waals surface area contributed by atoms with Crippen LogP contribution in [-0.4, -0.2) is 0 Å². The summed E-state index contributed by atoms with van der Waals surface area (Å²) in [4.78, 5) is 2.61. The van der Waals surface area contributed by atoms with Crippen molar-refractivity contribution in [3.63, 3.8) is 0 Å². The van der Waals surface area contributed by atoms with Gasteiger partial charge < -0.3 is 4.90 Å². The Kier molecular flexibility index (Phi) is 6.00. The van der Waals surface area contributed by atoms with Crippen LogP contribution in [0, 0.1) is 5.92 Å². The molecule has 1 heteroatoms. The maximum Gasteiger partial charge on any atom is 0.0546 e. The van der Waals surface area contributed by atoms with Crippen LogP contribution >= 0.6 is 0 Å². The molecular formula is C48H41N. The number of hydrogen-bond donors (Lipinski definition) is 0. The van der Waals surface area contributed by atoms with E-state index in [9.17, 15) is 0 Å². The third kappa shape index (κ3) is 3.93. The van der Waals surface area contributed by atoms with Crippen LogP contribution in [0.1, 0.15) is 69.2 Å². The van der Waals surface area contributed by atoms with E-state index >= 15 is 0 Å². The van der Waals surface area contributed by atoms with Gasteiger partial charge in [-0.15, -0.1) is 0 Å². The second-order valence-corrected chi connectivity index (χ2v) is 15.6. The molecule has 0 saturated heterocycles. The number of allylic oxidation sites excluding steroid dienone is 8. The Hall–Kier alpha value is -5.14. The summed E-state index contributed by atoms with van der Waals surface area (Å²) in [6.45, 7) is 9.73. The second-order valence-electron chi connectivity index (χ2n) is 15.6. The molecule has 10 rings (SSSR count). The van der Waals surface area contributed by atoms with Crippen LogP contribution < -0.4 is 4.90 Å². The van der Waals surface area contributed by atoms with Gasteiger partial charge in [0.15, 0.2) is 0 Å². The lowest BCUT2D eigenvalue weighted by atomic mass is 9.75. The minimum atomic E-state index is -0.00676. The molecule has 0 aliphatic heterocycles. The number of benzene rings is 6. The van der Waals surface area contributed by atoms with Crippen LogP contribution in [-0.2, 0) is 10.8 Å². The van der Waals surface area contributed by atoms with Gasteiger partial charge in [-0.1, -0.05) is 143 Å². The largest absolute Gasteiger partial charge is 0.309 e. The lowest BCUT2D eigenvalue weighted by Gasteiger charge is -2.31. The minimum Gasteiger partial charge on any atom is -0.309 e. The van der Waals surface area contributed by atoms with Crippen LogP contribution in [0.2, 0.25) is 0 Å². The van der Waals surface area contributed by atoms with Gasteiger partial charge in [-0.25, -0.2) is 0 Å². The maximum absolute atomic E-state index is 2.61. The molecule has 1 unspecified atom stereocenters. The lowest BCUT2D eigenvalue weighted by molar-refractivity contribution is 0.414. The van der Waals surface area contributed by atoms with Crippen molar-refractivity contribution < 1.29 is 0 Å². The zero-order valence-corrected chi connectivity index (χ0v) is 28.8. The predicted octanol–water partition coefficient (Wildman–Crippen LogP) is 13.3. The summed E-state index contributed by atoms with van der Waals surface area (Å²) in [6, 6.07) is 39.4. The van der Waals surface area contributed by atoms with E-state index in [1.54, 1.807) is 5.57 Å². The van der Waals surface area contributed by atoms with E-state index in [4.69, 9.17) is 0 Å². The monoisotopic (exact) mass is 631 g/mol.